The van der Waals surface area contributed by atoms with Gasteiger partial charge in [0.05, 0.1) is 17.4 Å². The summed E-state index contributed by atoms with van der Waals surface area (Å²) in [5.74, 6) is -0.0900. The van der Waals surface area contributed by atoms with Gasteiger partial charge in [-0.3, -0.25) is 14.5 Å². The molecule has 1 aliphatic heterocycles. The summed E-state index contributed by atoms with van der Waals surface area (Å²) in [4.78, 5) is 38.9. The van der Waals surface area contributed by atoms with Crippen LogP contribution in [0.2, 0.25) is 0 Å². The highest BCUT2D eigenvalue weighted by Crippen LogP contribution is 2.32. The Labute approximate surface area is 216 Å². The maximum absolute atomic E-state index is 13.2. The SMILES string of the molecule is CC(CNc1ccnc(N2CCN(c3ncc(C(F)(F)F)cn3)CC2=O)c1)Nc1cn[nH]c(=O)c1C(F)(F)F. The molecule has 3 N–H and O–H groups in total. The molecule has 39 heavy (non-hydrogen) atoms. The number of hydrogen-bond donors (Lipinski definition) is 3. The van der Waals surface area contributed by atoms with Crippen molar-refractivity contribution in [1.82, 2.24) is 25.1 Å². The van der Waals surface area contributed by atoms with Crippen LogP contribution in [0.15, 0.2) is 41.7 Å². The summed E-state index contributed by atoms with van der Waals surface area (Å²) in [6.45, 7) is 1.96. The van der Waals surface area contributed by atoms with Gasteiger partial charge in [-0.15, -0.1) is 0 Å². The second kappa shape index (κ2) is 10.7. The van der Waals surface area contributed by atoms with Crippen LogP contribution >= 0.6 is 0 Å². The van der Waals surface area contributed by atoms with Gasteiger partial charge >= 0.3 is 12.4 Å². The summed E-state index contributed by atoms with van der Waals surface area (Å²) < 4.78 is 78.0. The van der Waals surface area contributed by atoms with Crippen molar-refractivity contribution in [2.45, 2.75) is 25.3 Å². The van der Waals surface area contributed by atoms with Gasteiger partial charge in [-0.2, -0.15) is 31.4 Å². The number of anilines is 4. The Morgan fingerprint density at radius 2 is 1.74 bits per heavy atom. The molecule has 1 amide bonds. The number of pyridine rings is 1. The van der Waals surface area contributed by atoms with Gasteiger partial charge in [0.25, 0.3) is 5.56 Å². The largest absolute Gasteiger partial charge is 0.423 e. The molecule has 3 aromatic rings. The lowest BCUT2D eigenvalue weighted by molar-refractivity contribution is -0.139. The molecule has 208 valence electrons. The summed E-state index contributed by atoms with van der Waals surface area (Å²) in [7, 11) is 0. The fraction of sp³-hybridized carbons (Fsp3) is 0.364. The van der Waals surface area contributed by atoms with Gasteiger partial charge in [-0.25, -0.2) is 20.1 Å². The predicted molar refractivity (Wildman–Crippen MR) is 127 cm³/mol. The average molecular weight is 557 g/mol. The Bertz CT molecular complexity index is 1380. The Morgan fingerprint density at radius 1 is 1.03 bits per heavy atom. The number of halogens is 6. The van der Waals surface area contributed by atoms with Crippen LogP contribution in [0.1, 0.15) is 18.1 Å². The number of hydrogen-bond acceptors (Lipinski definition) is 9. The van der Waals surface area contributed by atoms with Crippen LogP contribution in [0.4, 0.5) is 49.5 Å². The summed E-state index contributed by atoms with van der Waals surface area (Å²) >= 11 is 0. The number of nitrogens with one attached hydrogen (secondary N) is 3. The van der Waals surface area contributed by atoms with Crippen molar-refractivity contribution in [3.63, 3.8) is 0 Å². The topological polar surface area (TPSA) is 132 Å². The molecule has 11 nitrogen and oxygen atoms in total. The molecule has 0 bridgehead atoms. The normalized spacial score (nSPS) is 15.3. The first-order valence-electron chi connectivity index (χ1n) is 11.4. The molecule has 1 fully saturated rings. The molecule has 0 radical (unpaired) electrons. The molecule has 1 unspecified atom stereocenters. The maximum Gasteiger partial charge on any atom is 0.423 e. The molecule has 1 atom stereocenters. The van der Waals surface area contributed by atoms with Crippen LogP contribution in [0.3, 0.4) is 0 Å². The van der Waals surface area contributed by atoms with Crippen LogP contribution in [0.25, 0.3) is 0 Å². The third kappa shape index (κ3) is 6.53. The number of aromatic nitrogens is 5. The smallest absolute Gasteiger partial charge is 0.383 e. The average Bonchev–Trinajstić information content (AvgIpc) is 2.86. The van der Waals surface area contributed by atoms with Crippen molar-refractivity contribution in [3.05, 3.63) is 58.4 Å². The highest BCUT2D eigenvalue weighted by atomic mass is 19.4. The van der Waals surface area contributed by atoms with E-state index in [9.17, 15) is 35.9 Å². The van der Waals surface area contributed by atoms with Crippen LogP contribution in [0, 0.1) is 0 Å². The van der Waals surface area contributed by atoms with Gasteiger partial charge in [-0.1, -0.05) is 0 Å². The van der Waals surface area contributed by atoms with Crippen molar-refractivity contribution in [2.75, 3.05) is 46.6 Å². The van der Waals surface area contributed by atoms with Gasteiger partial charge in [0.2, 0.25) is 11.9 Å². The van der Waals surface area contributed by atoms with Crippen molar-refractivity contribution >= 4 is 29.0 Å². The van der Waals surface area contributed by atoms with Crippen molar-refractivity contribution in [2.24, 2.45) is 0 Å². The highest BCUT2D eigenvalue weighted by molar-refractivity contribution is 5.97. The van der Waals surface area contributed by atoms with E-state index in [-0.39, 0.29) is 38.0 Å². The Hall–Kier alpha value is -4.44. The van der Waals surface area contributed by atoms with Crippen LogP contribution in [-0.4, -0.2) is 63.3 Å². The van der Waals surface area contributed by atoms with Crippen molar-refractivity contribution < 1.29 is 31.1 Å². The fourth-order valence-corrected chi connectivity index (χ4v) is 3.77. The zero-order valence-electron chi connectivity index (χ0n) is 20.1. The third-order valence-electron chi connectivity index (χ3n) is 5.65. The van der Waals surface area contributed by atoms with E-state index >= 15 is 0 Å². The van der Waals surface area contributed by atoms with Crippen molar-refractivity contribution in [3.8, 4) is 0 Å². The predicted octanol–water partition coefficient (Wildman–Crippen LogP) is 2.76. The van der Waals surface area contributed by atoms with E-state index in [0.29, 0.717) is 23.9 Å². The Morgan fingerprint density at radius 3 is 2.38 bits per heavy atom. The van der Waals surface area contributed by atoms with Crippen LogP contribution < -0.4 is 26.0 Å². The molecule has 1 aliphatic rings. The minimum Gasteiger partial charge on any atom is -0.383 e. The molecular weight excluding hydrogens is 536 g/mol. The fourth-order valence-electron chi connectivity index (χ4n) is 3.77. The lowest BCUT2D eigenvalue weighted by Crippen LogP contribution is -2.51. The monoisotopic (exact) mass is 557 g/mol. The number of aromatic amines is 1. The van der Waals surface area contributed by atoms with Crippen LogP contribution in [-0.2, 0) is 17.1 Å². The first-order chi connectivity index (χ1) is 18.3. The molecule has 4 heterocycles. The minimum absolute atomic E-state index is 0.00912. The van der Waals surface area contributed by atoms with Gasteiger partial charge in [0, 0.05) is 56.0 Å². The maximum atomic E-state index is 13.2. The first kappa shape index (κ1) is 27.6. The number of amides is 1. The second-order valence-corrected chi connectivity index (χ2v) is 8.55. The first-order valence-corrected chi connectivity index (χ1v) is 11.4. The molecular formula is C22H21F6N9O2. The summed E-state index contributed by atoms with van der Waals surface area (Å²) in [6.07, 6.45) is -5.82. The highest BCUT2D eigenvalue weighted by Gasteiger charge is 2.37. The molecule has 0 spiro atoms. The third-order valence-corrected chi connectivity index (χ3v) is 5.65. The zero-order chi connectivity index (χ0) is 28.4. The lowest BCUT2D eigenvalue weighted by Gasteiger charge is -2.33. The van der Waals surface area contributed by atoms with Gasteiger partial charge < -0.3 is 15.5 Å². The lowest BCUT2D eigenvalue weighted by atomic mass is 10.2. The number of carbonyl (C=O) groups excluding carboxylic acids is 1. The molecule has 0 aromatic carbocycles. The minimum atomic E-state index is -4.87. The Balaban J connectivity index is 1.37. The molecule has 0 saturated carbocycles. The van der Waals surface area contributed by atoms with E-state index in [4.69, 9.17) is 0 Å². The van der Waals surface area contributed by atoms with Gasteiger partial charge in [0.1, 0.15) is 17.9 Å². The van der Waals surface area contributed by atoms with E-state index in [1.807, 2.05) is 0 Å². The van der Waals surface area contributed by atoms with E-state index in [1.54, 1.807) is 24.2 Å². The van der Waals surface area contributed by atoms with Crippen LogP contribution in [0.5, 0.6) is 0 Å². The van der Waals surface area contributed by atoms with E-state index in [0.717, 1.165) is 6.20 Å². The number of rotatable bonds is 7. The van der Waals surface area contributed by atoms with E-state index in [2.05, 4.69) is 30.7 Å². The quantitative estimate of drug-likeness (QED) is 0.375. The number of H-pyrrole nitrogens is 1. The molecule has 4 rings (SSSR count). The van der Waals surface area contributed by atoms with Gasteiger partial charge in [-0.05, 0) is 13.0 Å². The number of nitrogens with zero attached hydrogens (tertiary/aromatic N) is 6. The molecule has 0 aliphatic carbocycles. The molecule has 1 saturated heterocycles. The summed E-state index contributed by atoms with van der Waals surface area (Å²) in [5, 5.41) is 10.8. The summed E-state index contributed by atoms with van der Waals surface area (Å²) in [6, 6.07) is 2.61. The molecule has 3 aromatic heterocycles. The molecule has 17 heteroatoms. The summed E-state index contributed by atoms with van der Waals surface area (Å²) in [5.41, 5.74) is -3.67. The zero-order valence-corrected chi connectivity index (χ0v) is 20.1. The Kier molecular flexibility index (Phi) is 7.60. The van der Waals surface area contributed by atoms with E-state index < -0.39 is 40.8 Å². The number of alkyl halides is 6. The standard InChI is InChI=1S/C22H21F6N9O2/c1-12(34-15-10-33-35-19(39)18(15)22(26,27)28)7-30-14-2-3-29-16(6-14)37-5-4-36(11-17(37)38)20-31-8-13(9-32-20)21(23,24)25/h2-3,6,8-10,12H,4-5,7,11H2,1H3,(H,29,30)(H2,34,35,39). The number of piperazine rings is 1. The van der Waals surface area contributed by atoms with Gasteiger partial charge in [0.15, 0.2) is 0 Å². The van der Waals surface area contributed by atoms with E-state index in [1.165, 1.54) is 16.0 Å². The number of carbonyl (C=O) groups is 1. The second-order valence-electron chi connectivity index (χ2n) is 8.55. The van der Waals surface area contributed by atoms with Crippen molar-refractivity contribution in [1.29, 1.82) is 0 Å².